The number of phenols is 4. The van der Waals surface area contributed by atoms with Gasteiger partial charge in [0.2, 0.25) is 5.60 Å². The first-order chi connectivity index (χ1) is 17.4. The number of aliphatic hydroxyl groups is 2. The van der Waals surface area contributed by atoms with Crippen molar-refractivity contribution in [1.82, 2.24) is 0 Å². The van der Waals surface area contributed by atoms with Gasteiger partial charge in [0.1, 0.15) is 12.2 Å². The van der Waals surface area contributed by atoms with E-state index in [2.05, 4.69) is 0 Å². The minimum atomic E-state index is -2.66. The zero-order valence-electron chi connectivity index (χ0n) is 19.1. The lowest BCUT2D eigenvalue weighted by Crippen LogP contribution is -2.63. The summed E-state index contributed by atoms with van der Waals surface area (Å²) in [5.74, 6) is -5.44. The van der Waals surface area contributed by atoms with E-state index >= 15 is 0 Å². The van der Waals surface area contributed by atoms with Crippen LogP contribution in [0.25, 0.3) is 12.2 Å². The van der Waals surface area contributed by atoms with Crippen LogP contribution in [0, 0.1) is 0 Å². The van der Waals surface area contributed by atoms with Crippen molar-refractivity contribution in [3.63, 3.8) is 0 Å². The third-order valence-corrected chi connectivity index (χ3v) is 5.68. The van der Waals surface area contributed by atoms with Crippen molar-refractivity contribution in [2.75, 3.05) is 0 Å². The summed E-state index contributed by atoms with van der Waals surface area (Å²) in [5.41, 5.74) is -2.04. The zero-order valence-corrected chi connectivity index (χ0v) is 19.1. The van der Waals surface area contributed by atoms with E-state index < -0.39 is 59.7 Å². The van der Waals surface area contributed by atoms with Crippen molar-refractivity contribution in [3.05, 3.63) is 59.7 Å². The Morgan fingerprint density at radius 3 is 1.76 bits per heavy atom. The third kappa shape index (κ3) is 6.37. The summed E-state index contributed by atoms with van der Waals surface area (Å²) < 4.78 is 10.2. The first-order valence-corrected chi connectivity index (χ1v) is 10.9. The molecule has 0 radical (unpaired) electrons. The van der Waals surface area contributed by atoms with Crippen molar-refractivity contribution in [2.45, 2.75) is 36.8 Å². The lowest BCUT2D eigenvalue weighted by Gasteiger charge is -2.41. The lowest BCUT2D eigenvalue weighted by atomic mass is 9.78. The number of carboxylic acid groups (broad SMARTS) is 1. The summed E-state index contributed by atoms with van der Waals surface area (Å²) in [5, 5.41) is 68.5. The quantitative estimate of drug-likeness (QED) is 0.156. The van der Waals surface area contributed by atoms with Crippen LogP contribution in [0.1, 0.15) is 24.0 Å². The standard InChI is InChI=1S/C25H24O12/c26-15-5-1-13(11-17(15)28)3-7-20(30)36-19-9-10-25(35,24(33)34)23(22(19)32)37-21(31)8-4-14-2-6-16(27)18(29)12-14/h1-8,11-12,19,22-23,26-29,32,35H,9-10H2,(H,33,34)/b7-3+,8-4+. The summed E-state index contributed by atoms with van der Waals surface area (Å²) in [6.07, 6.45) is -1.76. The summed E-state index contributed by atoms with van der Waals surface area (Å²) in [6.45, 7) is 0. The Morgan fingerprint density at radius 1 is 0.811 bits per heavy atom. The number of aliphatic hydroxyl groups excluding tert-OH is 1. The summed E-state index contributed by atoms with van der Waals surface area (Å²) in [4.78, 5) is 36.3. The molecular formula is C25H24O12. The minimum absolute atomic E-state index is 0.264. The van der Waals surface area contributed by atoms with Gasteiger partial charge in [0.05, 0.1) is 0 Å². The Labute approximate surface area is 209 Å². The smallest absolute Gasteiger partial charge is 0.339 e. The third-order valence-electron chi connectivity index (χ3n) is 5.68. The normalized spacial score (nSPS) is 23.7. The number of aliphatic carboxylic acids is 1. The van der Waals surface area contributed by atoms with Gasteiger partial charge in [-0.15, -0.1) is 0 Å². The molecule has 0 aliphatic heterocycles. The summed E-state index contributed by atoms with van der Waals surface area (Å²) in [6, 6.07) is 7.48. The minimum Gasteiger partial charge on any atom is -0.504 e. The van der Waals surface area contributed by atoms with Crippen LogP contribution in [0.15, 0.2) is 48.6 Å². The van der Waals surface area contributed by atoms with Crippen LogP contribution in [0.2, 0.25) is 0 Å². The van der Waals surface area contributed by atoms with Crippen LogP contribution < -0.4 is 0 Å². The van der Waals surface area contributed by atoms with E-state index in [1.165, 1.54) is 42.5 Å². The van der Waals surface area contributed by atoms with Gasteiger partial charge in [-0.2, -0.15) is 0 Å². The molecule has 0 spiro atoms. The van der Waals surface area contributed by atoms with Crippen molar-refractivity contribution in [2.24, 2.45) is 0 Å². The molecule has 12 heteroatoms. The van der Waals surface area contributed by atoms with E-state index in [1.54, 1.807) is 0 Å². The molecule has 12 nitrogen and oxygen atoms in total. The first-order valence-electron chi connectivity index (χ1n) is 10.9. The second kappa shape index (κ2) is 11.0. The average Bonchev–Trinajstić information content (AvgIpc) is 2.85. The topological polar surface area (TPSA) is 211 Å². The molecule has 37 heavy (non-hydrogen) atoms. The molecule has 7 N–H and O–H groups in total. The second-order valence-corrected chi connectivity index (χ2v) is 8.25. The molecule has 1 aliphatic carbocycles. The molecular weight excluding hydrogens is 492 g/mol. The fourth-order valence-electron chi connectivity index (χ4n) is 3.65. The summed E-state index contributed by atoms with van der Waals surface area (Å²) in [7, 11) is 0. The molecule has 196 valence electrons. The second-order valence-electron chi connectivity index (χ2n) is 8.25. The van der Waals surface area contributed by atoms with Crippen LogP contribution in [0.3, 0.4) is 0 Å². The maximum Gasteiger partial charge on any atom is 0.339 e. The molecule has 0 bridgehead atoms. The highest BCUT2D eigenvalue weighted by Gasteiger charge is 2.56. The molecule has 2 aromatic carbocycles. The average molecular weight is 516 g/mol. The van der Waals surface area contributed by atoms with Crippen molar-refractivity contribution >= 4 is 30.1 Å². The molecule has 0 amide bonds. The van der Waals surface area contributed by atoms with Crippen LogP contribution in [0.5, 0.6) is 23.0 Å². The number of esters is 2. The predicted octanol–water partition coefficient (Wildman–Crippen LogP) is 1.03. The number of phenolic OH excluding ortho intramolecular Hbond substituents is 4. The van der Waals surface area contributed by atoms with Gasteiger partial charge in [-0.25, -0.2) is 14.4 Å². The molecule has 4 unspecified atom stereocenters. The Kier molecular flexibility index (Phi) is 8.05. The maximum atomic E-state index is 12.3. The highest BCUT2D eigenvalue weighted by molar-refractivity contribution is 5.89. The fraction of sp³-hybridized carbons (Fsp3) is 0.240. The molecule has 1 aliphatic rings. The highest BCUT2D eigenvalue weighted by atomic mass is 16.6. The van der Waals surface area contributed by atoms with Gasteiger partial charge in [0, 0.05) is 12.2 Å². The van der Waals surface area contributed by atoms with Gasteiger partial charge in [0.25, 0.3) is 0 Å². The largest absolute Gasteiger partial charge is 0.504 e. The van der Waals surface area contributed by atoms with Crippen LogP contribution in [-0.4, -0.2) is 77.6 Å². The fourth-order valence-corrected chi connectivity index (χ4v) is 3.65. The molecule has 4 atom stereocenters. The van der Waals surface area contributed by atoms with E-state index in [0.29, 0.717) is 5.56 Å². The Morgan fingerprint density at radius 2 is 1.30 bits per heavy atom. The first kappa shape index (κ1) is 27.0. The molecule has 0 heterocycles. The number of hydrogen-bond donors (Lipinski definition) is 7. The molecule has 0 aromatic heterocycles. The van der Waals surface area contributed by atoms with Crippen LogP contribution >= 0.6 is 0 Å². The lowest BCUT2D eigenvalue weighted by molar-refractivity contribution is -0.220. The molecule has 3 rings (SSSR count). The Bertz CT molecular complexity index is 1250. The van der Waals surface area contributed by atoms with Gasteiger partial charge in [-0.05, 0) is 60.4 Å². The summed E-state index contributed by atoms with van der Waals surface area (Å²) >= 11 is 0. The number of aromatic hydroxyl groups is 4. The number of hydrogen-bond acceptors (Lipinski definition) is 11. The monoisotopic (exact) mass is 516 g/mol. The maximum absolute atomic E-state index is 12.3. The zero-order chi connectivity index (χ0) is 27.3. The van der Waals surface area contributed by atoms with E-state index in [-0.39, 0.29) is 23.5 Å². The number of carbonyl (C=O) groups is 3. The van der Waals surface area contributed by atoms with E-state index in [9.17, 15) is 50.1 Å². The van der Waals surface area contributed by atoms with Gasteiger partial charge in [-0.3, -0.25) is 0 Å². The van der Waals surface area contributed by atoms with Crippen molar-refractivity contribution < 1.29 is 59.6 Å². The van der Waals surface area contributed by atoms with Crippen LogP contribution in [-0.2, 0) is 23.9 Å². The van der Waals surface area contributed by atoms with E-state index in [1.807, 2.05) is 0 Å². The number of benzene rings is 2. The highest BCUT2D eigenvalue weighted by Crippen LogP contribution is 2.34. The molecule has 0 saturated heterocycles. The number of carboxylic acids is 1. The van der Waals surface area contributed by atoms with Gasteiger partial charge < -0.3 is 45.2 Å². The molecule has 1 saturated carbocycles. The SMILES string of the molecule is O=C(/C=C/c1ccc(O)c(O)c1)OC1CCC(O)(C(=O)O)C(OC(=O)/C=C/c2ccc(O)c(O)c2)C1O. The predicted molar refractivity (Wildman–Crippen MR) is 125 cm³/mol. The van der Waals surface area contributed by atoms with Gasteiger partial charge in [-0.1, -0.05) is 12.1 Å². The number of ether oxygens (including phenoxy) is 2. The number of carbonyl (C=O) groups excluding carboxylic acids is 2. The van der Waals surface area contributed by atoms with Crippen molar-refractivity contribution in [1.29, 1.82) is 0 Å². The Hall–Kier alpha value is -4.55. The van der Waals surface area contributed by atoms with Gasteiger partial charge in [0.15, 0.2) is 29.1 Å². The van der Waals surface area contributed by atoms with E-state index in [4.69, 9.17) is 9.47 Å². The molecule has 2 aromatic rings. The van der Waals surface area contributed by atoms with Gasteiger partial charge >= 0.3 is 17.9 Å². The molecule has 1 fully saturated rings. The van der Waals surface area contributed by atoms with Crippen molar-refractivity contribution in [3.8, 4) is 23.0 Å². The number of rotatable bonds is 7. The Balaban J connectivity index is 1.71. The van der Waals surface area contributed by atoms with E-state index in [0.717, 1.165) is 18.2 Å². The van der Waals surface area contributed by atoms with Crippen LogP contribution in [0.4, 0.5) is 0 Å².